The molecule has 0 amide bonds. The Hall–Kier alpha value is -7.22. The first-order chi connectivity index (χ1) is 27.3. The summed E-state index contributed by atoms with van der Waals surface area (Å²) in [6, 6.07) is 75.6. The van der Waals surface area contributed by atoms with Crippen molar-refractivity contribution in [3.8, 4) is 50.2 Å². The molecule has 0 aliphatic carbocycles. The third kappa shape index (κ3) is 5.24. The van der Waals surface area contributed by atoms with Crippen LogP contribution in [-0.2, 0) is 0 Å². The number of nitrogens with zero attached hydrogens (tertiary/aromatic N) is 1. The minimum Gasteiger partial charge on any atom is -0.316 e. The van der Waals surface area contributed by atoms with Crippen molar-refractivity contribution in [1.29, 1.82) is 0 Å². The Labute approximate surface area is 320 Å². The summed E-state index contributed by atoms with van der Waals surface area (Å²) in [7, 11) is 0. The second-order valence-electron chi connectivity index (χ2n) is 14.5. The van der Waals surface area contributed by atoms with Gasteiger partial charge in [0.25, 0.3) is 0 Å². The van der Waals surface area contributed by atoms with Crippen LogP contribution >= 0.6 is 0 Å². The van der Waals surface area contributed by atoms with Crippen LogP contribution in [0.2, 0.25) is 0 Å². The molecule has 0 saturated heterocycles. The van der Waals surface area contributed by atoms with Gasteiger partial charge in [0.05, 0.1) is 5.52 Å². The largest absolute Gasteiger partial charge is 0.316 e. The van der Waals surface area contributed by atoms with Gasteiger partial charge in [0, 0.05) is 22.8 Å². The van der Waals surface area contributed by atoms with Crippen LogP contribution in [0.1, 0.15) is 0 Å². The van der Waals surface area contributed by atoms with E-state index in [2.05, 4.69) is 217 Å². The fourth-order valence-electron chi connectivity index (χ4n) is 8.78. The molecule has 11 rings (SSSR count). The number of hydrogen-bond acceptors (Lipinski definition) is 0. The Morgan fingerprint density at radius 3 is 1.15 bits per heavy atom. The van der Waals surface area contributed by atoms with Gasteiger partial charge >= 0.3 is 0 Å². The highest BCUT2D eigenvalue weighted by Crippen LogP contribution is 2.42. The van der Waals surface area contributed by atoms with Crippen LogP contribution in [0.5, 0.6) is 0 Å². The average Bonchev–Trinajstić information content (AvgIpc) is 3.64. The van der Waals surface area contributed by atoms with Gasteiger partial charge in [-0.2, -0.15) is 0 Å². The van der Waals surface area contributed by atoms with E-state index in [0.29, 0.717) is 0 Å². The summed E-state index contributed by atoms with van der Waals surface area (Å²) >= 11 is 0. The SMILES string of the molecule is c1ccc2c(-c3cc(-c4cccc5ccccc45)cc(-n4cc(-c5cccc6ccccc56)c5cc(-c6cccc7ccccc67)ccc54)c3)cccc2c1. The van der Waals surface area contributed by atoms with Gasteiger partial charge in [-0.15, -0.1) is 0 Å². The molecular formula is C54H35N. The molecule has 0 radical (unpaired) electrons. The van der Waals surface area contributed by atoms with E-state index < -0.39 is 0 Å². The molecular weight excluding hydrogens is 663 g/mol. The number of aromatic nitrogens is 1. The topological polar surface area (TPSA) is 4.93 Å². The predicted molar refractivity (Wildman–Crippen MR) is 235 cm³/mol. The summed E-state index contributed by atoms with van der Waals surface area (Å²) < 4.78 is 2.42. The Morgan fingerprint density at radius 2 is 0.655 bits per heavy atom. The van der Waals surface area contributed by atoms with E-state index >= 15 is 0 Å². The van der Waals surface area contributed by atoms with Gasteiger partial charge in [0.2, 0.25) is 0 Å². The first-order valence-electron chi connectivity index (χ1n) is 19.0. The van der Waals surface area contributed by atoms with Crippen molar-refractivity contribution in [3.05, 3.63) is 212 Å². The van der Waals surface area contributed by atoms with E-state index in [-0.39, 0.29) is 0 Å². The highest BCUT2D eigenvalue weighted by molar-refractivity contribution is 6.08. The van der Waals surface area contributed by atoms with Crippen molar-refractivity contribution in [2.75, 3.05) is 0 Å². The summed E-state index contributed by atoms with van der Waals surface area (Å²) in [5, 5.41) is 11.2. The monoisotopic (exact) mass is 697 g/mol. The van der Waals surface area contributed by atoms with E-state index in [9.17, 15) is 0 Å². The van der Waals surface area contributed by atoms with Crippen LogP contribution in [-0.4, -0.2) is 4.57 Å². The zero-order chi connectivity index (χ0) is 36.3. The van der Waals surface area contributed by atoms with Crippen molar-refractivity contribution in [2.24, 2.45) is 0 Å². The Bertz CT molecular complexity index is 3150. The Morgan fingerprint density at radius 1 is 0.255 bits per heavy atom. The molecule has 256 valence electrons. The van der Waals surface area contributed by atoms with Crippen LogP contribution in [0.15, 0.2) is 212 Å². The van der Waals surface area contributed by atoms with Crippen molar-refractivity contribution in [2.45, 2.75) is 0 Å². The van der Waals surface area contributed by atoms with Gasteiger partial charge in [-0.25, -0.2) is 0 Å². The van der Waals surface area contributed by atoms with Crippen molar-refractivity contribution >= 4 is 54.0 Å². The van der Waals surface area contributed by atoms with Crippen molar-refractivity contribution < 1.29 is 0 Å². The summed E-state index contributed by atoms with van der Waals surface area (Å²) in [6.45, 7) is 0. The van der Waals surface area contributed by atoms with Crippen molar-refractivity contribution in [3.63, 3.8) is 0 Å². The quantitative estimate of drug-likeness (QED) is 0.169. The predicted octanol–water partition coefficient (Wildman–Crippen LogP) is 14.9. The molecule has 0 atom stereocenters. The maximum atomic E-state index is 2.42. The molecule has 0 bridgehead atoms. The number of benzene rings is 10. The molecule has 55 heavy (non-hydrogen) atoms. The maximum absolute atomic E-state index is 2.42. The van der Waals surface area contributed by atoms with Crippen molar-refractivity contribution in [1.82, 2.24) is 4.57 Å². The molecule has 0 saturated carbocycles. The van der Waals surface area contributed by atoms with Crippen LogP contribution in [0.4, 0.5) is 0 Å². The van der Waals surface area contributed by atoms with Gasteiger partial charge in [-0.1, -0.05) is 176 Å². The third-order valence-electron chi connectivity index (χ3n) is 11.4. The molecule has 0 N–H and O–H groups in total. The molecule has 1 aromatic heterocycles. The zero-order valence-corrected chi connectivity index (χ0v) is 30.2. The molecule has 0 fully saturated rings. The number of rotatable bonds is 5. The lowest BCUT2D eigenvalue weighted by Crippen LogP contribution is -1.95. The summed E-state index contributed by atoms with van der Waals surface area (Å²) in [5.41, 5.74) is 12.0. The van der Waals surface area contributed by atoms with E-state index in [1.165, 1.54) is 98.5 Å². The standard InChI is InChI=1S/C54H35N/c1-5-21-44-36(13-1)17-9-25-48(44)40-29-30-54-52(34-40)53(51-28-12-20-39-16-4-8-24-47(39)51)35-55(54)43-32-41(49-26-10-18-37-14-2-6-22-45(37)49)31-42(33-43)50-27-11-19-38-15-3-7-23-46(38)50/h1-35H. The van der Waals surface area contributed by atoms with E-state index in [0.717, 1.165) is 5.69 Å². The van der Waals surface area contributed by atoms with E-state index in [4.69, 9.17) is 0 Å². The van der Waals surface area contributed by atoms with Gasteiger partial charge < -0.3 is 4.57 Å². The smallest absolute Gasteiger partial charge is 0.0535 e. The first-order valence-corrected chi connectivity index (χ1v) is 19.0. The molecule has 0 spiro atoms. The first kappa shape index (κ1) is 31.3. The van der Waals surface area contributed by atoms with Crippen LogP contribution in [0.25, 0.3) is 104 Å². The van der Waals surface area contributed by atoms with Gasteiger partial charge in [-0.3, -0.25) is 0 Å². The molecule has 11 aromatic rings. The van der Waals surface area contributed by atoms with Crippen LogP contribution in [0.3, 0.4) is 0 Å². The molecule has 0 unspecified atom stereocenters. The second-order valence-corrected chi connectivity index (χ2v) is 14.5. The molecule has 10 aromatic carbocycles. The zero-order valence-electron chi connectivity index (χ0n) is 30.2. The maximum Gasteiger partial charge on any atom is 0.0535 e. The second kappa shape index (κ2) is 12.7. The van der Waals surface area contributed by atoms with Gasteiger partial charge in [0.1, 0.15) is 0 Å². The third-order valence-corrected chi connectivity index (χ3v) is 11.4. The van der Waals surface area contributed by atoms with Crippen LogP contribution < -0.4 is 0 Å². The molecule has 0 aliphatic heterocycles. The average molecular weight is 698 g/mol. The summed E-state index contributed by atoms with van der Waals surface area (Å²) in [6.07, 6.45) is 2.37. The molecule has 1 heteroatoms. The van der Waals surface area contributed by atoms with E-state index in [1.54, 1.807) is 0 Å². The van der Waals surface area contributed by atoms with Gasteiger partial charge in [0.15, 0.2) is 0 Å². The van der Waals surface area contributed by atoms with Gasteiger partial charge in [-0.05, 0) is 112 Å². The number of hydrogen-bond donors (Lipinski definition) is 0. The lowest BCUT2D eigenvalue weighted by molar-refractivity contribution is 1.13. The summed E-state index contributed by atoms with van der Waals surface area (Å²) in [4.78, 5) is 0. The lowest BCUT2D eigenvalue weighted by Gasteiger charge is -2.15. The van der Waals surface area contributed by atoms with E-state index in [1.807, 2.05) is 0 Å². The van der Waals surface area contributed by atoms with Crippen LogP contribution in [0, 0.1) is 0 Å². The molecule has 0 aliphatic rings. The number of fused-ring (bicyclic) bond motifs is 5. The summed E-state index contributed by atoms with van der Waals surface area (Å²) in [5.74, 6) is 0. The fourth-order valence-corrected chi connectivity index (χ4v) is 8.78. The molecule has 1 nitrogen and oxygen atoms in total. The normalized spacial score (nSPS) is 11.6. The highest BCUT2D eigenvalue weighted by Gasteiger charge is 2.18. The fraction of sp³-hybridized carbons (Fsp3) is 0. The minimum absolute atomic E-state index is 1.13. The lowest BCUT2D eigenvalue weighted by atomic mass is 9.92. The Balaban J connectivity index is 1.21. The Kier molecular flexibility index (Phi) is 7.25. The minimum atomic E-state index is 1.13. The highest BCUT2D eigenvalue weighted by atomic mass is 15.0. The molecule has 1 heterocycles.